The van der Waals surface area contributed by atoms with Gasteiger partial charge in [0.25, 0.3) is 0 Å². The van der Waals surface area contributed by atoms with Crippen LogP contribution in [0.1, 0.15) is 46.5 Å². The molecule has 0 aliphatic carbocycles. The summed E-state index contributed by atoms with van der Waals surface area (Å²) < 4.78 is 0.863. The van der Waals surface area contributed by atoms with Gasteiger partial charge in [-0.05, 0) is 12.8 Å². The highest BCUT2D eigenvalue weighted by Gasteiger charge is 2.34. The molecule has 1 aliphatic heterocycles. The molecule has 0 unspecified atom stereocenters. The number of hydrogen-bond acceptors (Lipinski definition) is 6. The molecule has 2 heterocycles. The van der Waals surface area contributed by atoms with Crippen LogP contribution < -0.4 is 5.32 Å². The van der Waals surface area contributed by atoms with Crippen LogP contribution in [-0.2, 0) is 9.59 Å². The number of aromatic nitrogens is 2. The molecule has 2 rings (SSSR count). The zero-order valence-electron chi connectivity index (χ0n) is 13.9. The first-order chi connectivity index (χ1) is 11.0. The molecule has 0 aromatic carbocycles. The quantitative estimate of drug-likeness (QED) is 0.572. The van der Waals surface area contributed by atoms with E-state index in [0.717, 1.165) is 30.1 Å². The predicted molar refractivity (Wildman–Crippen MR) is 93.7 cm³/mol. The van der Waals surface area contributed by atoms with Crippen molar-refractivity contribution in [1.29, 1.82) is 0 Å². The molecule has 0 saturated carbocycles. The number of carbonyl (C=O) groups is 2. The van der Waals surface area contributed by atoms with Gasteiger partial charge in [0.2, 0.25) is 16.9 Å². The largest absolute Gasteiger partial charge is 0.342 e. The van der Waals surface area contributed by atoms with Crippen molar-refractivity contribution >= 4 is 40.0 Å². The lowest BCUT2D eigenvalue weighted by atomic mass is 10.1. The first-order valence-corrected chi connectivity index (χ1v) is 9.81. The van der Waals surface area contributed by atoms with Gasteiger partial charge in [0.15, 0.2) is 4.34 Å². The Bertz CT molecular complexity index is 549. The van der Waals surface area contributed by atoms with Crippen molar-refractivity contribution in [1.82, 2.24) is 15.1 Å². The van der Waals surface area contributed by atoms with Crippen LogP contribution in [0.5, 0.6) is 0 Å². The number of nitrogens with zero attached hydrogens (tertiary/aromatic N) is 3. The topological polar surface area (TPSA) is 75.2 Å². The molecule has 1 aromatic heterocycles. The van der Waals surface area contributed by atoms with Crippen LogP contribution in [-0.4, -0.2) is 45.3 Å². The fourth-order valence-electron chi connectivity index (χ4n) is 2.28. The number of rotatable bonds is 8. The third kappa shape index (κ3) is 5.17. The molecule has 8 heteroatoms. The van der Waals surface area contributed by atoms with Crippen LogP contribution in [0.2, 0.25) is 0 Å². The van der Waals surface area contributed by atoms with E-state index in [9.17, 15) is 9.59 Å². The van der Waals surface area contributed by atoms with Gasteiger partial charge >= 0.3 is 0 Å². The van der Waals surface area contributed by atoms with E-state index in [2.05, 4.69) is 36.3 Å². The van der Waals surface area contributed by atoms with Crippen LogP contribution in [0.25, 0.3) is 0 Å². The molecule has 1 aliphatic rings. The maximum atomic E-state index is 12.3. The number of hydrogen-bond donors (Lipinski definition) is 1. The van der Waals surface area contributed by atoms with Crippen molar-refractivity contribution in [2.75, 3.05) is 18.4 Å². The van der Waals surface area contributed by atoms with Gasteiger partial charge in [-0.1, -0.05) is 50.3 Å². The summed E-state index contributed by atoms with van der Waals surface area (Å²) in [5.41, 5.74) is 0. The van der Waals surface area contributed by atoms with E-state index in [4.69, 9.17) is 0 Å². The highest BCUT2D eigenvalue weighted by Crippen LogP contribution is 2.30. The van der Waals surface area contributed by atoms with Gasteiger partial charge in [0.1, 0.15) is 0 Å². The molecule has 0 spiro atoms. The maximum Gasteiger partial charge on any atom is 0.231 e. The summed E-state index contributed by atoms with van der Waals surface area (Å²) in [6, 6.07) is 0. The second-order valence-electron chi connectivity index (χ2n) is 5.79. The Morgan fingerprint density at radius 3 is 2.96 bits per heavy atom. The minimum Gasteiger partial charge on any atom is -0.342 e. The van der Waals surface area contributed by atoms with E-state index in [0.29, 0.717) is 23.3 Å². The second-order valence-corrected chi connectivity index (χ2v) is 8.46. The summed E-state index contributed by atoms with van der Waals surface area (Å²) in [6.07, 6.45) is 3.38. The van der Waals surface area contributed by atoms with E-state index < -0.39 is 0 Å². The highest BCUT2D eigenvalue weighted by molar-refractivity contribution is 8.01. The van der Waals surface area contributed by atoms with Crippen molar-refractivity contribution in [3.63, 3.8) is 0 Å². The van der Waals surface area contributed by atoms with Gasteiger partial charge in [0.05, 0.1) is 5.92 Å². The molecule has 1 saturated heterocycles. The smallest absolute Gasteiger partial charge is 0.231 e. The third-order valence-corrected chi connectivity index (χ3v) is 6.07. The number of carbonyl (C=O) groups excluding carboxylic acids is 2. The number of nitrogens with one attached hydrogen (secondary N) is 1. The van der Waals surface area contributed by atoms with E-state index in [1.165, 1.54) is 11.3 Å². The van der Waals surface area contributed by atoms with Gasteiger partial charge in [-0.3, -0.25) is 9.59 Å². The van der Waals surface area contributed by atoms with E-state index >= 15 is 0 Å². The average Bonchev–Trinajstić information content (AvgIpc) is 3.11. The normalized spacial score (nSPS) is 19.2. The molecular formula is C15H24N4O2S2. The zero-order valence-corrected chi connectivity index (χ0v) is 15.5. The minimum absolute atomic E-state index is 0.0730. The van der Waals surface area contributed by atoms with Gasteiger partial charge < -0.3 is 10.2 Å². The highest BCUT2D eigenvalue weighted by atomic mass is 32.2. The van der Waals surface area contributed by atoms with Crippen LogP contribution in [0.3, 0.4) is 0 Å². The molecule has 1 fully saturated rings. The first kappa shape index (κ1) is 18.2. The molecule has 128 valence electrons. The van der Waals surface area contributed by atoms with Crippen LogP contribution in [0.4, 0.5) is 5.13 Å². The average molecular weight is 357 g/mol. The van der Waals surface area contributed by atoms with Gasteiger partial charge in [-0.25, -0.2) is 0 Å². The van der Waals surface area contributed by atoms with E-state index in [-0.39, 0.29) is 17.7 Å². The van der Waals surface area contributed by atoms with Crippen LogP contribution in [0, 0.1) is 5.92 Å². The Morgan fingerprint density at radius 2 is 2.26 bits per heavy atom. The number of thioether (sulfide) groups is 1. The molecule has 1 N–H and O–H groups in total. The second kappa shape index (κ2) is 8.63. The minimum atomic E-state index is -0.283. The Kier molecular flexibility index (Phi) is 6.83. The SMILES string of the molecule is CCCCN1C[C@H](C(=O)Nc2nnc(S[C@@H](C)CC)s2)CC1=O. The number of unbranched alkanes of at least 4 members (excludes halogenated alkanes) is 1. The molecule has 23 heavy (non-hydrogen) atoms. The number of amides is 2. The summed E-state index contributed by atoms with van der Waals surface area (Å²) in [6.45, 7) is 7.61. The molecule has 2 amide bonds. The van der Waals surface area contributed by atoms with Crippen molar-refractivity contribution in [2.45, 2.75) is 56.0 Å². The standard InChI is InChI=1S/C15H24N4O2S2/c1-4-6-7-19-9-11(8-12(19)20)13(21)16-14-17-18-15(23-14)22-10(3)5-2/h10-11H,4-9H2,1-3H3,(H,16,17,21)/t10-,11+/m0/s1. The fraction of sp³-hybridized carbons (Fsp3) is 0.733. The lowest BCUT2D eigenvalue weighted by molar-refractivity contribution is -0.128. The summed E-state index contributed by atoms with van der Waals surface area (Å²) in [7, 11) is 0. The number of anilines is 1. The van der Waals surface area contributed by atoms with Gasteiger partial charge in [-0.2, -0.15) is 0 Å². The fourth-order valence-corrected chi connectivity index (χ4v) is 4.28. The van der Waals surface area contributed by atoms with Gasteiger partial charge in [-0.15, -0.1) is 10.2 Å². The van der Waals surface area contributed by atoms with Crippen molar-refractivity contribution in [2.24, 2.45) is 5.92 Å². The summed E-state index contributed by atoms with van der Waals surface area (Å²) in [4.78, 5) is 26.0. The van der Waals surface area contributed by atoms with Crippen molar-refractivity contribution < 1.29 is 9.59 Å². The molecule has 6 nitrogen and oxygen atoms in total. The number of likely N-dealkylation sites (tertiary alicyclic amines) is 1. The Balaban J connectivity index is 1.86. The lowest BCUT2D eigenvalue weighted by Crippen LogP contribution is -2.29. The summed E-state index contributed by atoms with van der Waals surface area (Å²) in [5, 5.41) is 11.9. The lowest BCUT2D eigenvalue weighted by Gasteiger charge is -2.15. The van der Waals surface area contributed by atoms with E-state index in [1.54, 1.807) is 16.7 Å². The molecule has 1 aromatic rings. The Labute approximate surface area is 145 Å². The summed E-state index contributed by atoms with van der Waals surface area (Å²) in [5.74, 6) is -0.341. The Hall–Kier alpha value is -1.15. The van der Waals surface area contributed by atoms with Gasteiger partial charge in [0, 0.05) is 24.8 Å². The first-order valence-electron chi connectivity index (χ1n) is 8.12. The molecule has 2 atom stereocenters. The monoisotopic (exact) mass is 356 g/mol. The zero-order chi connectivity index (χ0) is 16.8. The molecule has 0 bridgehead atoms. The predicted octanol–water partition coefficient (Wildman–Crippen LogP) is 3.02. The van der Waals surface area contributed by atoms with E-state index in [1.807, 2.05) is 0 Å². The molecular weight excluding hydrogens is 332 g/mol. The van der Waals surface area contributed by atoms with Crippen LogP contribution in [0.15, 0.2) is 4.34 Å². The van der Waals surface area contributed by atoms with Crippen LogP contribution >= 0.6 is 23.1 Å². The van der Waals surface area contributed by atoms with Crippen molar-refractivity contribution in [3.05, 3.63) is 0 Å². The maximum absolute atomic E-state index is 12.3. The molecule has 0 radical (unpaired) electrons. The third-order valence-electron chi connectivity index (χ3n) is 3.88. The Morgan fingerprint density at radius 1 is 1.48 bits per heavy atom. The van der Waals surface area contributed by atoms with Crippen molar-refractivity contribution in [3.8, 4) is 0 Å². The summed E-state index contributed by atoms with van der Waals surface area (Å²) >= 11 is 3.05.